The Morgan fingerprint density at radius 2 is 2.06 bits per heavy atom. The number of fused-ring (bicyclic) bond motifs is 1. The molecule has 0 fully saturated rings. The van der Waals surface area contributed by atoms with Gasteiger partial charge in [-0.3, -0.25) is 9.69 Å². The number of hydrogen-bond acceptors (Lipinski definition) is 7. The van der Waals surface area contributed by atoms with Crippen molar-refractivity contribution in [3.8, 4) is 0 Å². The largest absolute Gasteiger partial charge is 0.468 e. The Labute approximate surface area is 189 Å². The maximum atomic E-state index is 13.5. The average molecular weight is 450 g/mol. The average Bonchev–Trinajstić information content (AvgIpc) is 3.59. The van der Waals surface area contributed by atoms with Crippen molar-refractivity contribution < 1.29 is 18.7 Å². The maximum Gasteiger partial charge on any atom is 0.327 e. The van der Waals surface area contributed by atoms with Crippen molar-refractivity contribution in [2.75, 3.05) is 20.2 Å². The van der Waals surface area contributed by atoms with Crippen LogP contribution in [0.3, 0.4) is 0 Å². The number of ether oxygens (including phenoxy) is 1. The molecule has 2 aromatic heterocycles. The van der Waals surface area contributed by atoms with Gasteiger partial charge in [-0.2, -0.15) is 5.10 Å². The number of hydrogen-bond donors (Lipinski definition) is 0. The number of thiophene rings is 1. The lowest BCUT2D eigenvalue weighted by Crippen LogP contribution is -2.45. The van der Waals surface area contributed by atoms with E-state index in [4.69, 9.17) is 9.15 Å². The zero-order chi connectivity index (χ0) is 22.1. The maximum absolute atomic E-state index is 13.5. The molecule has 7 nitrogen and oxygen atoms in total. The number of methoxy groups -OCH3 is 1. The van der Waals surface area contributed by atoms with Gasteiger partial charge in [-0.05, 0) is 41.1 Å². The van der Waals surface area contributed by atoms with E-state index in [-0.39, 0.29) is 24.5 Å². The van der Waals surface area contributed by atoms with E-state index >= 15 is 0 Å². The first-order valence-corrected chi connectivity index (χ1v) is 11.4. The Kier molecular flexibility index (Phi) is 5.63. The number of nitrogens with zero attached hydrogens (tertiary/aromatic N) is 3. The molecule has 1 amide bonds. The Balaban J connectivity index is 1.42. The standard InChI is InChI=1S/C24H23N3O4S/c1-30-24(29)23-17-7-3-2-6-16(17)10-11-26(23)15-22(28)27-19(21-9-5-13-32-21)14-18(25-27)20-8-4-12-31-20/h2-9,12-13,19,23H,10-11,14-15H2,1H3/t19-,23-/m0/s1. The Bertz CT molecular complexity index is 1140. The van der Waals surface area contributed by atoms with Crippen molar-refractivity contribution in [2.24, 2.45) is 5.10 Å². The fraction of sp³-hybridized carbons (Fsp3) is 0.292. The molecule has 0 aliphatic carbocycles. The predicted octanol–water partition coefficient (Wildman–Crippen LogP) is 3.79. The van der Waals surface area contributed by atoms with Crippen LogP contribution in [0.2, 0.25) is 0 Å². The Morgan fingerprint density at radius 3 is 2.81 bits per heavy atom. The van der Waals surface area contributed by atoms with Crippen LogP contribution in [-0.2, 0) is 20.7 Å². The van der Waals surface area contributed by atoms with Gasteiger partial charge in [0.1, 0.15) is 17.5 Å². The summed E-state index contributed by atoms with van der Waals surface area (Å²) in [7, 11) is 1.38. The summed E-state index contributed by atoms with van der Waals surface area (Å²) in [6, 6.07) is 14.7. The van der Waals surface area contributed by atoms with E-state index in [0.717, 1.165) is 28.1 Å². The van der Waals surface area contributed by atoms with Crippen LogP contribution in [0.15, 0.2) is 69.7 Å². The van der Waals surface area contributed by atoms with Gasteiger partial charge >= 0.3 is 5.97 Å². The normalized spacial score (nSPS) is 20.7. The number of benzene rings is 1. The van der Waals surface area contributed by atoms with Crippen molar-refractivity contribution in [3.05, 3.63) is 81.9 Å². The molecule has 0 saturated carbocycles. The Morgan fingerprint density at radius 1 is 1.19 bits per heavy atom. The van der Waals surface area contributed by atoms with E-state index < -0.39 is 6.04 Å². The van der Waals surface area contributed by atoms with Gasteiger partial charge in [-0.15, -0.1) is 11.3 Å². The molecule has 8 heteroatoms. The van der Waals surface area contributed by atoms with E-state index in [1.807, 2.05) is 58.8 Å². The minimum atomic E-state index is -0.606. The molecule has 164 valence electrons. The highest BCUT2D eigenvalue weighted by atomic mass is 32.1. The fourth-order valence-corrected chi connectivity index (χ4v) is 5.27. The van der Waals surface area contributed by atoms with Crippen molar-refractivity contribution >= 4 is 28.9 Å². The second-order valence-corrected chi connectivity index (χ2v) is 8.82. The molecule has 2 aliphatic rings. The number of carbonyl (C=O) groups is 2. The highest BCUT2D eigenvalue weighted by molar-refractivity contribution is 7.10. The van der Waals surface area contributed by atoms with Crippen LogP contribution in [0.4, 0.5) is 0 Å². The molecule has 0 bridgehead atoms. The lowest BCUT2D eigenvalue weighted by atomic mass is 9.92. The van der Waals surface area contributed by atoms with Gasteiger partial charge in [0.25, 0.3) is 5.91 Å². The molecule has 0 radical (unpaired) electrons. The molecule has 0 saturated heterocycles. The van der Waals surface area contributed by atoms with Crippen LogP contribution >= 0.6 is 11.3 Å². The third-order valence-electron chi connectivity index (χ3n) is 5.99. The van der Waals surface area contributed by atoms with Crippen LogP contribution in [0.25, 0.3) is 0 Å². The number of carbonyl (C=O) groups excluding carboxylic acids is 2. The summed E-state index contributed by atoms with van der Waals surface area (Å²) in [6.07, 6.45) is 2.96. The lowest BCUT2D eigenvalue weighted by Gasteiger charge is -2.35. The molecule has 0 spiro atoms. The van der Waals surface area contributed by atoms with Crippen molar-refractivity contribution in [1.29, 1.82) is 0 Å². The lowest BCUT2D eigenvalue weighted by molar-refractivity contribution is -0.149. The monoisotopic (exact) mass is 449 g/mol. The zero-order valence-electron chi connectivity index (χ0n) is 17.6. The van der Waals surface area contributed by atoms with E-state index in [0.29, 0.717) is 18.7 Å². The first-order valence-electron chi connectivity index (χ1n) is 10.5. The minimum absolute atomic E-state index is 0.0743. The number of furan rings is 1. The van der Waals surface area contributed by atoms with Crippen molar-refractivity contribution in [2.45, 2.75) is 24.9 Å². The first kappa shape index (κ1) is 20.7. The Hall–Kier alpha value is -3.23. The molecule has 0 unspecified atom stereocenters. The van der Waals surface area contributed by atoms with Gasteiger partial charge in [-0.25, -0.2) is 9.80 Å². The van der Waals surface area contributed by atoms with Gasteiger partial charge in [0.05, 0.1) is 26.0 Å². The third-order valence-corrected chi connectivity index (χ3v) is 6.96. The number of amides is 1. The van der Waals surface area contributed by atoms with Crippen LogP contribution in [0, 0.1) is 0 Å². The molecule has 0 N–H and O–H groups in total. The van der Waals surface area contributed by atoms with Gasteiger partial charge in [0.2, 0.25) is 0 Å². The third kappa shape index (κ3) is 3.76. The second-order valence-electron chi connectivity index (χ2n) is 7.84. The summed E-state index contributed by atoms with van der Waals surface area (Å²) in [5, 5.41) is 8.19. The van der Waals surface area contributed by atoms with Crippen LogP contribution < -0.4 is 0 Å². The van der Waals surface area contributed by atoms with Gasteiger partial charge in [0.15, 0.2) is 0 Å². The summed E-state index contributed by atoms with van der Waals surface area (Å²) >= 11 is 1.60. The summed E-state index contributed by atoms with van der Waals surface area (Å²) in [5.41, 5.74) is 2.76. The molecule has 3 aromatic rings. The fourth-order valence-electron chi connectivity index (χ4n) is 4.46. The van der Waals surface area contributed by atoms with Crippen molar-refractivity contribution in [1.82, 2.24) is 9.91 Å². The number of rotatable bonds is 5. The molecule has 2 atom stereocenters. The molecule has 5 rings (SSSR count). The predicted molar refractivity (Wildman–Crippen MR) is 120 cm³/mol. The SMILES string of the molecule is COC(=O)[C@@H]1c2ccccc2CCN1CC(=O)N1N=C(c2ccco2)C[C@H]1c1cccs1. The first-order chi connectivity index (χ1) is 15.7. The summed E-state index contributed by atoms with van der Waals surface area (Å²) in [6.45, 7) is 0.666. The molecular formula is C24H23N3O4S. The zero-order valence-corrected chi connectivity index (χ0v) is 18.5. The second kappa shape index (κ2) is 8.72. The highest BCUT2D eigenvalue weighted by Gasteiger charge is 2.39. The molecular weight excluding hydrogens is 426 g/mol. The quantitative estimate of drug-likeness (QED) is 0.554. The number of hydrazone groups is 1. The van der Waals surface area contributed by atoms with E-state index in [2.05, 4.69) is 5.10 Å². The van der Waals surface area contributed by atoms with Crippen LogP contribution in [0.5, 0.6) is 0 Å². The van der Waals surface area contributed by atoms with Gasteiger partial charge < -0.3 is 9.15 Å². The van der Waals surface area contributed by atoms with Crippen molar-refractivity contribution in [3.63, 3.8) is 0 Å². The molecule has 1 aromatic carbocycles. The van der Waals surface area contributed by atoms with E-state index in [9.17, 15) is 9.59 Å². The smallest absolute Gasteiger partial charge is 0.327 e. The summed E-state index contributed by atoms with van der Waals surface area (Å²) in [5.74, 6) is 0.153. The summed E-state index contributed by atoms with van der Waals surface area (Å²) in [4.78, 5) is 29.1. The number of esters is 1. The van der Waals surface area contributed by atoms with Crippen LogP contribution in [-0.4, -0.2) is 47.7 Å². The highest BCUT2D eigenvalue weighted by Crippen LogP contribution is 2.36. The van der Waals surface area contributed by atoms with E-state index in [1.165, 1.54) is 7.11 Å². The van der Waals surface area contributed by atoms with Crippen LogP contribution in [0.1, 0.15) is 40.3 Å². The minimum Gasteiger partial charge on any atom is -0.468 e. The molecule has 32 heavy (non-hydrogen) atoms. The van der Waals surface area contributed by atoms with Gasteiger partial charge in [0, 0.05) is 17.8 Å². The van der Waals surface area contributed by atoms with Gasteiger partial charge in [-0.1, -0.05) is 30.3 Å². The summed E-state index contributed by atoms with van der Waals surface area (Å²) < 4.78 is 10.6. The topological polar surface area (TPSA) is 75.3 Å². The van der Waals surface area contributed by atoms with E-state index in [1.54, 1.807) is 22.6 Å². The molecule has 2 aliphatic heterocycles. The molecule has 4 heterocycles.